The van der Waals surface area contributed by atoms with Gasteiger partial charge in [-0.3, -0.25) is 0 Å². The summed E-state index contributed by atoms with van der Waals surface area (Å²) < 4.78 is 0. The number of rotatable bonds is 7. The molecule has 1 unspecified atom stereocenters. The second-order valence-electron chi connectivity index (χ2n) is 6.25. The average Bonchev–Trinajstić information content (AvgIpc) is 2.16. The molecule has 0 aliphatic heterocycles. The van der Waals surface area contributed by atoms with Crippen molar-refractivity contribution in [2.45, 2.75) is 66.5 Å². The number of hydrogen-bond acceptors (Lipinski definition) is 2. The summed E-state index contributed by atoms with van der Waals surface area (Å²) in [6.45, 7) is 16.0. The van der Waals surface area contributed by atoms with Crippen LogP contribution in [0.4, 0.5) is 0 Å². The van der Waals surface area contributed by atoms with Gasteiger partial charge >= 0.3 is 0 Å². The summed E-state index contributed by atoms with van der Waals surface area (Å²) in [7, 11) is 2.23. The maximum absolute atomic E-state index is 3.64. The van der Waals surface area contributed by atoms with Crippen molar-refractivity contribution in [3.8, 4) is 0 Å². The SMILES string of the molecule is CCC(CC)NCC(C)N(C)CC(C)(C)C. The van der Waals surface area contributed by atoms with E-state index in [1.54, 1.807) is 0 Å². The van der Waals surface area contributed by atoms with E-state index in [4.69, 9.17) is 0 Å². The molecule has 0 rings (SSSR count). The largest absolute Gasteiger partial charge is 0.312 e. The first-order valence-electron chi connectivity index (χ1n) is 6.73. The van der Waals surface area contributed by atoms with Crippen LogP contribution in [0.15, 0.2) is 0 Å². The second-order valence-corrected chi connectivity index (χ2v) is 6.25. The molecule has 0 saturated heterocycles. The molecule has 2 heteroatoms. The molecule has 0 heterocycles. The van der Waals surface area contributed by atoms with Crippen LogP contribution in [0.25, 0.3) is 0 Å². The van der Waals surface area contributed by atoms with Gasteiger partial charge in [0, 0.05) is 25.2 Å². The summed E-state index contributed by atoms with van der Waals surface area (Å²) in [5, 5.41) is 3.64. The van der Waals surface area contributed by atoms with Crippen molar-refractivity contribution in [1.29, 1.82) is 0 Å². The van der Waals surface area contributed by atoms with Crippen LogP contribution in [0.2, 0.25) is 0 Å². The van der Waals surface area contributed by atoms with Gasteiger partial charge in [0.2, 0.25) is 0 Å². The van der Waals surface area contributed by atoms with Crippen LogP contribution < -0.4 is 5.32 Å². The fraction of sp³-hybridized carbons (Fsp3) is 1.00. The minimum Gasteiger partial charge on any atom is -0.312 e. The van der Waals surface area contributed by atoms with Crippen LogP contribution in [-0.2, 0) is 0 Å². The van der Waals surface area contributed by atoms with E-state index < -0.39 is 0 Å². The lowest BCUT2D eigenvalue weighted by atomic mass is 9.95. The quantitative estimate of drug-likeness (QED) is 0.720. The van der Waals surface area contributed by atoms with Crippen LogP contribution in [0.1, 0.15) is 54.4 Å². The first-order chi connectivity index (χ1) is 7.30. The first kappa shape index (κ1) is 15.9. The van der Waals surface area contributed by atoms with Gasteiger partial charge < -0.3 is 10.2 Å². The van der Waals surface area contributed by atoms with Gasteiger partial charge in [0.05, 0.1) is 0 Å². The predicted octanol–water partition coefficient (Wildman–Crippen LogP) is 3.13. The van der Waals surface area contributed by atoms with E-state index in [1.165, 1.54) is 12.8 Å². The van der Waals surface area contributed by atoms with Crippen molar-refractivity contribution in [2.75, 3.05) is 20.1 Å². The molecule has 0 amide bonds. The fourth-order valence-corrected chi connectivity index (χ4v) is 1.97. The van der Waals surface area contributed by atoms with E-state index in [2.05, 4.69) is 58.8 Å². The van der Waals surface area contributed by atoms with Gasteiger partial charge in [0.25, 0.3) is 0 Å². The maximum Gasteiger partial charge on any atom is 0.0189 e. The van der Waals surface area contributed by atoms with Gasteiger partial charge in [-0.05, 0) is 32.2 Å². The highest BCUT2D eigenvalue weighted by molar-refractivity contribution is 4.74. The third kappa shape index (κ3) is 7.24. The normalized spacial score (nSPS) is 14.8. The predicted molar refractivity (Wildman–Crippen MR) is 73.9 cm³/mol. The third-order valence-corrected chi connectivity index (χ3v) is 3.16. The molecule has 98 valence electrons. The molecule has 16 heavy (non-hydrogen) atoms. The smallest absolute Gasteiger partial charge is 0.0189 e. The highest BCUT2D eigenvalue weighted by Gasteiger charge is 2.17. The minimum absolute atomic E-state index is 0.387. The molecule has 0 spiro atoms. The zero-order valence-corrected chi connectivity index (χ0v) is 12.4. The zero-order valence-electron chi connectivity index (χ0n) is 12.4. The zero-order chi connectivity index (χ0) is 12.8. The fourth-order valence-electron chi connectivity index (χ4n) is 1.97. The average molecular weight is 228 g/mol. The molecular weight excluding hydrogens is 196 g/mol. The second kappa shape index (κ2) is 7.29. The highest BCUT2D eigenvalue weighted by atomic mass is 15.1. The number of hydrogen-bond donors (Lipinski definition) is 1. The van der Waals surface area contributed by atoms with Crippen molar-refractivity contribution in [2.24, 2.45) is 5.41 Å². The van der Waals surface area contributed by atoms with Gasteiger partial charge in [-0.1, -0.05) is 34.6 Å². The van der Waals surface area contributed by atoms with Crippen LogP contribution in [0, 0.1) is 5.41 Å². The Morgan fingerprint density at radius 3 is 2.00 bits per heavy atom. The van der Waals surface area contributed by atoms with Gasteiger partial charge in [-0.2, -0.15) is 0 Å². The highest BCUT2D eigenvalue weighted by Crippen LogP contribution is 2.15. The Bertz CT molecular complexity index is 168. The summed E-state index contributed by atoms with van der Waals surface area (Å²) in [5.41, 5.74) is 0.387. The Labute approximate surface area is 103 Å². The van der Waals surface area contributed by atoms with Gasteiger partial charge in [-0.25, -0.2) is 0 Å². The molecule has 0 aromatic rings. The summed E-state index contributed by atoms with van der Waals surface area (Å²) >= 11 is 0. The van der Waals surface area contributed by atoms with E-state index >= 15 is 0 Å². The number of nitrogens with one attached hydrogen (secondary N) is 1. The van der Waals surface area contributed by atoms with E-state index in [0.29, 0.717) is 17.5 Å². The standard InChI is InChI=1S/C14H32N2/c1-8-13(9-2)15-10-12(3)16(7)11-14(4,5)6/h12-13,15H,8-11H2,1-7H3. The molecule has 0 fully saturated rings. The van der Waals surface area contributed by atoms with Gasteiger partial charge in [-0.15, -0.1) is 0 Å². The molecule has 1 N–H and O–H groups in total. The molecule has 0 aromatic carbocycles. The molecule has 2 nitrogen and oxygen atoms in total. The lowest BCUT2D eigenvalue weighted by molar-refractivity contribution is 0.175. The summed E-state index contributed by atoms with van der Waals surface area (Å²) in [4.78, 5) is 2.45. The van der Waals surface area contributed by atoms with Crippen molar-refractivity contribution in [1.82, 2.24) is 10.2 Å². The van der Waals surface area contributed by atoms with Crippen molar-refractivity contribution >= 4 is 0 Å². The van der Waals surface area contributed by atoms with Gasteiger partial charge in [0.1, 0.15) is 0 Å². The number of nitrogens with zero attached hydrogens (tertiary/aromatic N) is 1. The Morgan fingerprint density at radius 2 is 1.62 bits per heavy atom. The Balaban J connectivity index is 3.91. The van der Waals surface area contributed by atoms with E-state index in [-0.39, 0.29) is 0 Å². The lowest BCUT2D eigenvalue weighted by Gasteiger charge is -2.32. The van der Waals surface area contributed by atoms with E-state index in [1.807, 2.05) is 0 Å². The van der Waals surface area contributed by atoms with E-state index in [0.717, 1.165) is 13.1 Å². The molecule has 0 aliphatic rings. The van der Waals surface area contributed by atoms with Crippen LogP contribution in [-0.4, -0.2) is 37.1 Å². The Morgan fingerprint density at radius 1 is 1.12 bits per heavy atom. The summed E-state index contributed by atoms with van der Waals surface area (Å²) in [6, 6.07) is 1.30. The van der Waals surface area contributed by atoms with Crippen LogP contribution in [0.3, 0.4) is 0 Å². The maximum atomic E-state index is 3.64. The molecule has 0 aromatic heterocycles. The molecule has 0 bridgehead atoms. The summed E-state index contributed by atoms with van der Waals surface area (Å²) in [5.74, 6) is 0. The third-order valence-electron chi connectivity index (χ3n) is 3.16. The van der Waals surface area contributed by atoms with Crippen molar-refractivity contribution in [3.63, 3.8) is 0 Å². The molecule has 1 atom stereocenters. The topological polar surface area (TPSA) is 15.3 Å². The van der Waals surface area contributed by atoms with Crippen molar-refractivity contribution in [3.05, 3.63) is 0 Å². The molecular formula is C14H32N2. The van der Waals surface area contributed by atoms with E-state index in [9.17, 15) is 0 Å². The molecule has 0 radical (unpaired) electrons. The van der Waals surface area contributed by atoms with Crippen LogP contribution >= 0.6 is 0 Å². The Hall–Kier alpha value is -0.0800. The Kier molecular flexibility index (Phi) is 7.25. The summed E-state index contributed by atoms with van der Waals surface area (Å²) in [6.07, 6.45) is 2.46. The van der Waals surface area contributed by atoms with Crippen molar-refractivity contribution < 1.29 is 0 Å². The molecule has 0 saturated carbocycles. The number of likely N-dealkylation sites (N-methyl/N-ethyl adjacent to an activating group) is 1. The lowest BCUT2D eigenvalue weighted by Crippen LogP contribution is -2.44. The monoisotopic (exact) mass is 228 g/mol. The van der Waals surface area contributed by atoms with Gasteiger partial charge in [0.15, 0.2) is 0 Å². The molecule has 0 aliphatic carbocycles. The first-order valence-corrected chi connectivity index (χ1v) is 6.73. The van der Waals surface area contributed by atoms with Crippen LogP contribution in [0.5, 0.6) is 0 Å². The minimum atomic E-state index is 0.387.